The topological polar surface area (TPSA) is 82.4 Å². The van der Waals surface area contributed by atoms with E-state index in [2.05, 4.69) is 25.1 Å². The number of rotatable bonds is 6. The standard InChI is InChI=1S/C18H19N5O2S/c1-11-8-15(10-24-4)22-18(20-11)25-23-13(3)16-12(2)21-17(26-16)14-6-5-7-19-9-14/h5-9H,10H2,1-4H3/b23-13+. The lowest BCUT2D eigenvalue weighted by atomic mass is 10.3. The minimum atomic E-state index is 0.200. The summed E-state index contributed by atoms with van der Waals surface area (Å²) in [5.41, 5.74) is 4.13. The molecule has 0 spiro atoms. The van der Waals surface area contributed by atoms with Gasteiger partial charge in [0.15, 0.2) is 0 Å². The first-order valence-electron chi connectivity index (χ1n) is 8.00. The smallest absolute Gasteiger partial charge is 0.346 e. The predicted molar refractivity (Wildman–Crippen MR) is 100 cm³/mol. The van der Waals surface area contributed by atoms with Crippen molar-refractivity contribution in [3.05, 3.63) is 52.6 Å². The van der Waals surface area contributed by atoms with Crippen LogP contribution in [-0.4, -0.2) is 32.8 Å². The molecule has 0 saturated carbocycles. The molecular weight excluding hydrogens is 350 g/mol. The molecule has 3 aromatic rings. The SMILES string of the molecule is COCc1cc(C)nc(O/N=C(\C)c2sc(-c3cccnc3)nc2C)n1. The van der Waals surface area contributed by atoms with Crippen molar-refractivity contribution in [3.63, 3.8) is 0 Å². The maximum absolute atomic E-state index is 5.44. The Bertz CT molecular complexity index is 925. The van der Waals surface area contributed by atoms with Crippen LogP contribution < -0.4 is 4.84 Å². The number of nitrogens with zero attached hydrogens (tertiary/aromatic N) is 5. The molecule has 3 heterocycles. The summed E-state index contributed by atoms with van der Waals surface area (Å²) >= 11 is 1.55. The molecule has 8 heteroatoms. The lowest BCUT2D eigenvalue weighted by molar-refractivity contribution is 0.179. The van der Waals surface area contributed by atoms with Crippen molar-refractivity contribution >= 4 is 17.0 Å². The Hall–Kier alpha value is -2.71. The second-order valence-corrected chi connectivity index (χ2v) is 6.66. The van der Waals surface area contributed by atoms with Crippen LogP contribution in [0.4, 0.5) is 0 Å². The molecule has 3 rings (SSSR count). The van der Waals surface area contributed by atoms with E-state index in [0.717, 1.165) is 32.5 Å². The Morgan fingerprint density at radius 2 is 2.08 bits per heavy atom. The highest BCUT2D eigenvalue weighted by Gasteiger charge is 2.13. The number of hydrogen-bond acceptors (Lipinski definition) is 8. The molecule has 134 valence electrons. The Balaban J connectivity index is 1.81. The number of oxime groups is 1. The zero-order valence-electron chi connectivity index (χ0n) is 15.1. The summed E-state index contributed by atoms with van der Waals surface area (Å²) in [5.74, 6) is 0. The minimum absolute atomic E-state index is 0.200. The molecule has 0 aromatic carbocycles. The lowest BCUT2D eigenvalue weighted by Gasteiger charge is -2.04. The molecule has 0 N–H and O–H groups in total. The highest BCUT2D eigenvalue weighted by molar-refractivity contribution is 7.17. The first-order valence-corrected chi connectivity index (χ1v) is 8.81. The van der Waals surface area contributed by atoms with Gasteiger partial charge in [0.25, 0.3) is 0 Å². The maximum atomic E-state index is 5.44. The van der Waals surface area contributed by atoms with Crippen molar-refractivity contribution < 1.29 is 9.57 Å². The van der Waals surface area contributed by atoms with Crippen molar-refractivity contribution in [2.75, 3.05) is 7.11 Å². The third-order valence-electron chi connectivity index (χ3n) is 3.48. The van der Waals surface area contributed by atoms with Gasteiger partial charge < -0.3 is 9.57 Å². The van der Waals surface area contributed by atoms with Crippen LogP contribution in [0.1, 0.15) is 28.9 Å². The summed E-state index contributed by atoms with van der Waals surface area (Å²) < 4.78 is 5.10. The van der Waals surface area contributed by atoms with Crippen molar-refractivity contribution in [1.82, 2.24) is 19.9 Å². The summed E-state index contributed by atoms with van der Waals surface area (Å²) in [5, 5.41) is 5.08. The second-order valence-electron chi connectivity index (χ2n) is 5.66. The molecule has 0 atom stereocenters. The van der Waals surface area contributed by atoms with E-state index in [1.807, 2.05) is 39.0 Å². The molecule has 0 amide bonds. The molecule has 0 radical (unpaired) electrons. The van der Waals surface area contributed by atoms with E-state index in [-0.39, 0.29) is 6.01 Å². The van der Waals surface area contributed by atoms with Crippen LogP contribution in [0.3, 0.4) is 0 Å². The third kappa shape index (κ3) is 4.27. The normalized spacial score (nSPS) is 11.6. The van der Waals surface area contributed by atoms with Crippen LogP contribution in [-0.2, 0) is 11.3 Å². The van der Waals surface area contributed by atoms with Gasteiger partial charge in [-0.25, -0.2) is 4.98 Å². The first kappa shape index (κ1) is 18.1. The molecule has 3 aromatic heterocycles. The van der Waals surface area contributed by atoms with Gasteiger partial charge in [-0.2, -0.15) is 9.97 Å². The summed E-state index contributed by atoms with van der Waals surface area (Å²) in [6, 6.07) is 5.92. The zero-order valence-corrected chi connectivity index (χ0v) is 15.9. The van der Waals surface area contributed by atoms with Gasteiger partial charge in [0, 0.05) is 30.8 Å². The molecule has 0 saturated heterocycles. The number of ether oxygens (including phenoxy) is 1. The summed E-state index contributed by atoms with van der Waals surface area (Å²) in [7, 11) is 1.62. The Morgan fingerprint density at radius 1 is 1.23 bits per heavy atom. The highest BCUT2D eigenvalue weighted by Crippen LogP contribution is 2.27. The average molecular weight is 369 g/mol. The number of pyridine rings is 1. The van der Waals surface area contributed by atoms with Crippen LogP contribution in [0.15, 0.2) is 35.7 Å². The van der Waals surface area contributed by atoms with Gasteiger partial charge in [-0.15, -0.1) is 11.3 Å². The molecule has 26 heavy (non-hydrogen) atoms. The molecular formula is C18H19N5O2S. The van der Waals surface area contributed by atoms with Crippen LogP contribution in [0.2, 0.25) is 0 Å². The fourth-order valence-electron chi connectivity index (χ4n) is 2.36. The summed E-state index contributed by atoms with van der Waals surface area (Å²) in [6.07, 6.45) is 3.54. The molecule has 0 fully saturated rings. The monoisotopic (exact) mass is 369 g/mol. The molecule has 0 aliphatic carbocycles. The van der Waals surface area contributed by atoms with Crippen LogP contribution in [0.25, 0.3) is 10.6 Å². The van der Waals surface area contributed by atoms with Gasteiger partial charge in [-0.1, -0.05) is 5.16 Å². The number of methoxy groups -OCH3 is 1. The van der Waals surface area contributed by atoms with Gasteiger partial charge in [0.05, 0.1) is 28.6 Å². The second kappa shape index (κ2) is 8.11. The van der Waals surface area contributed by atoms with Gasteiger partial charge in [-0.3, -0.25) is 4.98 Å². The lowest BCUT2D eigenvalue weighted by Crippen LogP contribution is -2.02. The Labute approximate surface area is 155 Å². The van der Waals surface area contributed by atoms with E-state index in [4.69, 9.17) is 9.57 Å². The van der Waals surface area contributed by atoms with Crippen molar-refractivity contribution in [1.29, 1.82) is 0 Å². The quantitative estimate of drug-likeness (QED) is 0.488. The van der Waals surface area contributed by atoms with Crippen molar-refractivity contribution in [2.45, 2.75) is 27.4 Å². The summed E-state index contributed by atoms with van der Waals surface area (Å²) in [6.45, 7) is 6.09. The maximum Gasteiger partial charge on any atom is 0.346 e. The van der Waals surface area contributed by atoms with Crippen LogP contribution in [0.5, 0.6) is 6.01 Å². The molecule has 7 nitrogen and oxygen atoms in total. The van der Waals surface area contributed by atoms with E-state index < -0.39 is 0 Å². The predicted octanol–water partition coefficient (Wildman–Crippen LogP) is 3.56. The van der Waals surface area contributed by atoms with Crippen LogP contribution >= 0.6 is 11.3 Å². The van der Waals surface area contributed by atoms with Gasteiger partial charge in [0.2, 0.25) is 0 Å². The number of hydrogen-bond donors (Lipinski definition) is 0. The molecule has 0 unspecified atom stereocenters. The fourth-order valence-corrected chi connectivity index (χ4v) is 3.36. The Kier molecular flexibility index (Phi) is 5.65. The largest absolute Gasteiger partial charge is 0.378 e. The third-order valence-corrected chi connectivity index (χ3v) is 4.79. The Morgan fingerprint density at radius 3 is 2.81 bits per heavy atom. The van der Waals surface area contributed by atoms with E-state index >= 15 is 0 Å². The van der Waals surface area contributed by atoms with E-state index in [9.17, 15) is 0 Å². The van der Waals surface area contributed by atoms with Gasteiger partial charge >= 0.3 is 6.01 Å². The molecule has 0 bridgehead atoms. The van der Waals surface area contributed by atoms with Crippen molar-refractivity contribution in [3.8, 4) is 16.6 Å². The first-order chi connectivity index (χ1) is 12.6. The highest BCUT2D eigenvalue weighted by atomic mass is 32.1. The summed E-state index contributed by atoms with van der Waals surface area (Å²) in [4.78, 5) is 23.6. The van der Waals surface area contributed by atoms with Crippen LogP contribution in [0, 0.1) is 13.8 Å². The number of aryl methyl sites for hydroxylation is 2. The zero-order chi connectivity index (χ0) is 18.5. The van der Waals surface area contributed by atoms with Crippen molar-refractivity contribution in [2.24, 2.45) is 5.16 Å². The van der Waals surface area contributed by atoms with Gasteiger partial charge in [0.1, 0.15) is 5.01 Å². The van der Waals surface area contributed by atoms with E-state index in [1.54, 1.807) is 30.8 Å². The van der Waals surface area contributed by atoms with E-state index in [1.165, 1.54) is 0 Å². The van der Waals surface area contributed by atoms with Gasteiger partial charge in [-0.05, 0) is 39.0 Å². The average Bonchev–Trinajstić information content (AvgIpc) is 3.02. The minimum Gasteiger partial charge on any atom is -0.378 e. The van der Waals surface area contributed by atoms with E-state index in [0.29, 0.717) is 12.3 Å². The number of thiazole rings is 1. The number of aromatic nitrogens is 4. The molecule has 0 aliphatic rings. The fraction of sp³-hybridized carbons (Fsp3) is 0.278. The molecule has 0 aliphatic heterocycles.